The highest BCUT2D eigenvalue weighted by Crippen LogP contribution is 2.33. The van der Waals surface area contributed by atoms with Crippen LogP contribution in [0.25, 0.3) is 0 Å². The number of ether oxygens (including phenoxy) is 1. The van der Waals surface area contributed by atoms with Crippen molar-refractivity contribution in [2.24, 2.45) is 0 Å². The average molecular weight is 546 g/mol. The zero-order valence-corrected chi connectivity index (χ0v) is 20.9. The first kappa shape index (κ1) is 27.9. The number of nitrogens with zero attached hydrogens (tertiary/aromatic N) is 1. The number of hydrogen-bond donors (Lipinski definition) is 3. The number of aliphatic carboxylic acids is 1. The first-order chi connectivity index (χ1) is 18.6. The second kappa shape index (κ2) is 12.1. The van der Waals surface area contributed by atoms with Gasteiger partial charge in [0.15, 0.2) is 0 Å². The molecule has 1 aliphatic heterocycles. The summed E-state index contributed by atoms with van der Waals surface area (Å²) in [6.45, 7) is 1.36. The summed E-state index contributed by atoms with van der Waals surface area (Å²) in [5, 5.41) is 14.8. The molecule has 0 fully saturated rings. The van der Waals surface area contributed by atoms with E-state index in [0.717, 1.165) is 49.8 Å². The Morgan fingerprint density at radius 1 is 1.10 bits per heavy atom. The van der Waals surface area contributed by atoms with Gasteiger partial charge >= 0.3 is 12.1 Å². The van der Waals surface area contributed by atoms with Crippen molar-refractivity contribution in [3.63, 3.8) is 0 Å². The van der Waals surface area contributed by atoms with Crippen LogP contribution in [-0.2, 0) is 30.2 Å². The fourth-order valence-electron chi connectivity index (χ4n) is 4.33. The maximum absolute atomic E-state index is 14.1. The molecule has 11 heteroatoms. The number of carboxylic acids is 1. The number of carbonyl (C=O) groups excluding carboxylic acids is 1. The Morgan fingerprint density at radius 3 is 2.59 bits per heavy atom. The monoisotopic (exact) mass is 545 g/mol. The van der Waals surface area contributed by atoms with Gasteiger partial charge in [0.25, 0.3) is 5.91 Å². The predicted molar refractivity (Wildman–Crippen MR) is 135 cm³/mol. The molecule has 206 valence electrons. The summed E-state index contributed by atoms with van der Waals surface area (Å²) in [6.07, 6.45) is -1.62. The normalized spacial score (nSPS) is 13.6. The van der Waals surface area contributed by atoms with E-state index in [9.17, 15) is 32.3 Å². The Labute approximate surface area is 222 Å². The fraction of sp³-hybridized carbons (Fsp3) is 0.321. The number of benzene rings is 2. The zero-order chi connectivity index (χ0) is 28.0. The minimum Gasteiger partial charge on any atom is -0.494 e. The van der Waals surface area contributed by atoms with Gasteiger partial charge in [-0.1, -0.05) is 24.3 Å². The van der Waals surface area contributed by atoms with Gasteiger partial charge < -0.3 is 20.5 Å². The molecule has 0 saturated heterocycles. The first-order valence-electron chi connectivity index (χ1n) is 12.5. The second-order valence-corrected chi connectivity index (χ2v) is 9.17. The van der Waals surface area contributed by atoms with Gasteiger partial charge in [0.05, 0.1) is 17.7 Å². The molecule has 3 aromatic rings. The minimum atomic E-state index is -4.99. The number of aromatic nitrogens is 1. The van der Waals surface area contributed by atoms with Gasteiger partial charge in [-0.2, -0.15) is 13.2 Å². The summed E-state index contributed by atoms with van der Waals surface area (Å²) in [4.78, 5) is 28.8. The third kappa shape index (κ3) is 7.24. The SMILES string of the molecule is O=C(NC(Cc1ccc(OCCCc2ccc3c(n2)NCCC3)cc1)C(=O)O)c1c(F)cccc1C(F)(F)F. The lowest BCUT2D eigenvalue weighted by molar-refractivity contribution is -0.139. The predicted octanol–water partition coefficient (Wildman–Crippen LogP) is 5.03. The molecule has 3 N–H and O–H groups in total. The van der Waals surface area contributed by atoms with Gasteiger partial charge in [-0.3, -0.25) is 4.79 Å². The standard InChI is InChI=1S/C28H27F4N3O4/c29-22-7-1-6-21(28(30,31)32)24(22)26(36)35-23(27(37)38)16-17-8-12-20(13-9-17)39-15-3-5-19-11-10-18-4-2-14-33-25(18)34-19/h1,6-13,23H,2-5,14-16H2,(H,33,34)(H,35,36)(H,37,38). The zero-order valence-electron chi connectivity index (χ0n) is 20.9. The number of anilines is 1. The van der Waals surface area contributed by atoms with Gasteiger partial charge in [0.2, 0.25) is 0 Å². The summed E-state index contributed by atoms with van der Waals surface area (Å²) in [6, 6.07) is 11.1. The molecule has 1 amide bonds. The van der Waals surface area contributed by atoms with Crippen molar-refractivity contribution in [1.29, 1.82) is 0 Å². The number of nitrogens with one attached hydrogen (secondary N) is 2. The van der Waals surface area contributed by atoms with Crippen LogP contribution < -0.4 is 15.4 Å². The molecule has 1 aromatic heterocycles. The van der Waals surface area contributed by atoms with E-state index in [1.165, 1.54) is 5.56 Å². The lowest BCUT2D eigenvalue weighted by atomic mass is 10.0. The van der Waals surface area contributed by atoms with Crippen molar-refractivity contribution in [3.05, 3.63) is 88.4 Å². The van der Waals surface area contributed by atoms with Crippen LogP contribution in [0.2, 0.25) is 0 Å². The molecule has 1 unspecified atom stereocenters. The topological polar surface area (TPSA) is 101 Å². The van der Waals surface area contributed by atoms with Crippen molar-refractivity contribution in [2.75, 3.05) is 18.5 Å². The van der Waals surface area contributed by atoms with Gasteiger partial charge in [0.1, 0.15) is 23.4 Å². The van der Waals surface area contributed by atoms with Crippen molar-refractivity contribution in [2.45, 2.75) is 44.3 Å². The number of alkyl halides is 3. The van der Waals surface area contributed by atoms with E-state index in [1.54, 1.807) is 24.3 Å². The van der Waals surface area contributed by atoms with Crippen LogP contribution in [0.4, 0.5) is 23.4 Å². The van der Waals surface area contributed by atoms with E-state index >= 15 is 0 Å². The summed E-state index contributed by atoms with van der Waals surface area (Å²) < 4.78 is 59.6. The van der Waals surface area contributed by atoms with E-state index in [0.29, 0.717) is 30.1 Å². The molecule has 0 saturated carbocycles. The molecule has 1 aliphatic rings. The number of carbonyl (C=O) groups is 2. The summed E-state index contributed by atoms with van der Waals surface area (Å²) in [5.41, 5.74) is -0.0390. The van der Waals surface area contributed by atoms with E-state index in [4.69, 9.17) is 4.74 Å². The number of amides is 1. The van der Waals surface area contributed by atoms with Crippen LogP contribution >= 0.6 is 0 Å². The third-order valence-electron chi connectivity index (χ3n) is 6.31. The van der Waals surface area contributed by atoms with Crippen molar-refractivity contribution < 1.29 is 37.0 Å². The molecule has 0 radical (unpaired) electrons. The summed E-state index contributed by atoms with van der Waals surface area (Å²) >= 11 is 0. The van der Waals surface area contributed by atoms with Crippen LogP contribution in [0, 0.1) is 5.82 Å². The highest BCUT2D eigenvalue weighted by Gasteiger charge is 2.37. The Morgan fingerprint density at radius 2 is 1.87 bits per heavy atom. The van der Waals surface area contributed by atoms with E-state index in [-0.39, 0.29) is 6.42 Å². The smallest absolute Gasteiger partial charge is 0.417 e. The molecular weight excluding hydrogens is 518 g/mol. The van der Waals surface area contributed by atoms with Crippen LogP contribution in [0.15, 0.2) is 54.6 Å². The number of fused-ring (bicyclic) bond motifs is 1. The number of aryl methyl sites for hydroxylation is 2. The van der Waals surface area contributed by atoms with E-state index < -0.39 is 41.0 Å². The Kier molecular flexibility index (Phi) is 8.68. The number of hydrogen-bond acceptors (Lipinski definition) is 5. The largest absolute Gasteiger partial charge is 0.494 e. The highest BCUT2D eigenvalue weighted by molar-refractivity contribution is 5.98. The maximum Gasteiger partial charge on any atom is 0.417 e. The average Bonchev–Trinajstić information content (AvgIpc) is 2.90. The first-order valence-corrected chi connectivity index (χ1v) is 12.5. The lowest BCUT2D eigenvalue weighted by Crippen LogP contribution is -2.43. The molecule has 0 aliphatic carbocycles. The van der Waals surface area contributed by atoms with Gasteiger partial charge in [-0.05, 0) is 67.1 Å². The van der Waals surface area contributed by atoms with Crippen LogP contribution in [0.3, 0.4) is 0 Å². The molecule has 7 nitrogen and oxygen atoms in total. The minimum absolute atomic E-state index is 0.227. The van der Waals surface area contributed by atoms with Gasteiger partial charge in [-0.15, -0.1) is 0 Å². The Balaban J connectivity index is 1.31. The number of pyridine rings is 1. The molecule has 0 spiro atoms. The molecule has 39 heavy (non-hydrogen) atoms. The molecule has 0 bridgehead atoms. The van der Waals surface area contributed by atoms with E-state index in [1.807, 2.05) is 11.4 Å². The molecule has 2 heterocycles. The summed E-state index contributed by atoms with van der Waals surface area (Å²) in [7, 11) is 0. The number of carboxylic acid groups (broad SMARTS) is 1. The summed E-state index contributed by atoms with van der Waals surface area (Å²) in [5.74, 6) is -2.83. The van der Waals surface area contributed by atoms with E-state index in [2.05, 4.69) is 16.4 Å². The van der Waals surface area contributed by atoms with Gasteiger partial charge in [-0.25, -0.2) is 14.2 Å². The number of rotatable bonds is 10. The highest BCUT2D eigenvalue weighted by atomic mass is 19.4. The Hall–Kier alpha value is -4.15. The quantitative estimate of drug-likeness (QED) is 0.244. The lowest BCUT2D eigenvalue weighted by Gasteiger charge is -2.18. The van der Waals surface area contributed by atoms with Gasteiger partial charge in [0, 0.05) is 18.7 Å². The van der Waals surface area contributed by atoms with Crippen molar-refractivity contribution in [3.8, 4) is 5.75 Å². The van der Waals surface area contributed by atoms with Crippen LogP contribution in [0.5, 0.6) is 5.75 Å². The Bertz CT molecular complexity index is 1330. The molecular formula is C28H27F4N3O4. The molecule has 1 atom stereocenters. The van der Waals surface area contributed by atoms with Crippen molar-refractivity contribution in [1.82, 2.24) is 10.3 Å². The van der Waals surface area contributed by atoms with Crippen molar-refractivity contribution >= 4 is 17.7 Å². The second-order valence-electron chi connectivity index (χ2n) is 9.17. The third-order valence-corrected chi connectivity index (χ3v) is 6.31. The van der Waals surface area contributed by atoms with Crippen LogP contribution in [0.1, 0.15) is 45.6 Å². The van der Waals surface area contributed by atoms with Crippen LogP contribution in [-0.4, -0.2) is 41.2 Å². The fourth-order valence-corrected chi connectivity index (χ4v) is 4.33. The molecule has 2 aromatic carbocycles. The molecule has 4 rings (SSSR count). The number of halogens is 4. The maximum atomic E-state index is 14.1.